The fraction of sp³-hybridized carbons (Fsp3) is 0.250. The third kappa shape index (κ3) is 3.90. The molecule has 28 valence electrons. The molecule has 0 aliphatic rings. The molecule has 0 bridgehead atoms. The third-order valence-electron chi connectivity index (χ3n) is 0.256. The number of hydrogen-bond acceptors (Lipinski definition) is 0. The van der Waals surface area contributed by atoms with E-state index in [-0.39, 0.29) is 0 Å². The first-order valence-electron chi connectivity index (χ1n) is 1.42. The highest BCUT2D eigenvalue weighted by molar-refractivity contribution is 6.18. The third-order valence-corrected chi connectivity index (χ3v) is 0.434. The van der Waals surface area contributed by atoms with E-state index in [1.807, 2.05) is 0 Å². The van der Waals surface area contributed by atoms with Gasteiger partial charge in [0.25, 0.3) is 0 Å². The van der Waals surface area contributed by atoms with Gasteiger partial charge in [-0.25, -0.2) is 0 Å². The van der Waals surface area contributed by atoms with Gasteiger partial charge in [0.2, 0.25) is 0 Å². The minimum Gasteiger partial charge on any atom is -0.0985 e. The summed E-state index contributed by atoms with van der Waals surface area (Å²) >= 11 is 5.17. The van der Waals surface area contributed by atoms with Crippen LogP contribution in [0.3, 0.4) is 0 Å². The van der Waals surface area contributed by atoms with Crippen LogP contribution in [-0.2, 0) is 0 Å². The number of allylic oxidation sites excluding steroid dienone is 1. The van der Waals surface area contributed by atoms with E-state index >= 15 is 0 Å². The second-order valence-electron chi connectivity index (χ2n) is 0.626. The van der Waals surface area contributed by atoms with Gasteiger partial charge in [-0.1, -0.05) is 11.6 Å². The van der Waals surface area contributed by atoms with Crippen LogP contribution in [0.1, 0.15) is 0 Å². The van der Waals surface area contributed by atoms with E-state index in [9.17, 15) is 0 Å². The summed E-state index contributed by atoms with van der Waals surface area (Å²) in [4.78, 5) is 0. The first-order valence-corrected chi connectivity index (χ1v) is 1.95. The molecule has 5 heavy (non-hydrogen) atoms. The average Bonchev–Trinajstić information content (AvgIpc) is 1.41. The van der Waals surface area contributed by atoms with Gasteiger partial charge < -0.3 is 0 Å². The Kier molecular flexibility index (Phi) is 3.82. The van der Waals surface area contributed by atoms with Gasteiger partial charge in [-0.3, -0.25) is 0 Å². The molecule has 0 aliphatic carbocycles. The number of hydrogen-bond donors (Lipinski definition) is 0. The summed E-state index contributed by atoms with van der Waals surface area (Å²) in [6.45, 7) is 3.41. The molecule has 1 heteroatoms. The van der Waals surface area contributed by atoms with Crippen molar-refractivity contribution in [1.29, 1.82) is 0 Å². The topological polar surface area (TPSA) is 0 Å². The molecule has 0 aliphatic heterocycles. The maximum Gasteiger partial charge on any atom is 0.106 e. The van der Waals surface area contributed by atoms with Crippen LogP contribution in [0.5, 0.6) is 0 Å². The van der Waals surface area contributed by atoms with Crippen molar-refractivity contribution in [1.82, 2.24) is 0 Å². The Morgan fingerprint density at radius 3 is 2.60 bits per heavy atom. The van der Waals surface area contributed by atoms with Gasteiger partial charge in [-0.15, -0.1) is 0 Å². The van der Waals surface area contributed by atoms with Crippen molar-refractivity contribution in [2.45, 2.75) is 0 Å². The van der Waals surface area contributed by atoms with Gasteiger partial charge >= 0.3 is 0 Å². The van der Waals surface area contributed by atoms with Crippen molar-refractivity contribution < 1.29 is 0 Å². The van der Waals surface area contributed by atoms with Gasteiger partial charge in [0.15, 0.2) is 0 Å². The highest BCUT2D eigenvalue weighted by atomic mass is 35.5. The average molecular weight is 89.5 g/mol. The van der Waals surface area contributed by atoms with Gasteiger partial charge in [0, 0.05) is 6.58 Å². The van der Waals surface area contributed by atoms with Crippen LogP contribution in [0.15, 0.2) is 12.7 Å². The predicted molar refractivity (Wildman–Crippen MR) is 25.2 cm³/mol. The van der Waals surface area contributed by atoms with Crippen molar-refractivity contribution in [3.8, 4) is 0 Å². The lowest BCUT2D eigenvalue weighted by molar-refractivity contribution is 1.58. The molecule has 0 radical (unpaired) electrons. The maximum atomic E-state index is 5.17. The molecule has 0 aromatic rings. The molecule has 0 aromatic heterocycles. The van der Waals surface area contributed by atoms with E-state index in [2.05, 4.69) is 6.58 Å². The Morgan fingerprint density at radius 1 is 2.00 bits per heavy atom. The Morgan fingerprint density at radius 2 is 2.60 bits per heavy atom. The maximum absolute atomic E-state index is 5.17. The summed E-state index contributed by atoms with van der Waals surface area (Å²) in [5.41, 5.74) is 0. The van der Waals surface area contributed by atoms with Crippen LogP contribution in [0, 0.1) is 6.42 Å². The highest BCUT2D eigenvalue weighted by Gasteiger charge is 1.73. The lowest BCUT2D eigenvalue weighted by atomic mass is 10.5. The normalized spacial score (nSPS) is 6.60. The van der Waals surface area contributed by atoms with E-state index < -0.39 is 0 Å². The molecular weight excluding hydrogens is 83.5 g/mol. The molecule has 0 fully saturated rings. The summed E-state index contributed by atoms with van der Waals surface area (Å²) in [5.74, 6) is 0.573. The number of rotatable bonds is 2. The van der Waals surface area contributed by atoms with Crippen molar-refractivity contribution >= 4 is 11.6 Å². The van der Waals surface area contributed by atoms with Crippen LogP contribution in [0.2, 0.25) is 0 Å². The molecule has 0 heterocycles. The molecule has 0 atom stereocenters. The van der Waals surface area contributed by atoms with E-state index in [1.165, 1.54) is 0 Å². The molecule has 0 spiro atoms. The molecule has 0 unspecified atom stereocenters. The zero-order valence-corrected chi connectivity index (χ0v) is 3.70. The van der Waals surface area contributed by atoms with Crippen LogP contribution in [-0.4, -0.2) is 5.88 Å². The zero-order valence-electron chi connectivity index (χ0n) is 2.95. The molecule has 0 amide bonds. The Hall–Kier alpha value is -0.100. The first kappa shape index (κ1) is 4.90. The number of halogens is 1. The highest BCUT2D eigenvalue weighted by Crippen LogP contribution is 1.78. The minimum atomic E-state index is 0.573. The summed E-state index contributed by atoms with van der Waals surface area (Å²) in [6, 6.07) is 0. The van der Waals surface area contributed by atoms with E-state index in [0.717, 1.165) is 0 Å². The van der Waals surface area contributed by atoms with Crippen molar-refractivity contribution in [2.75, 3.05) is 5.88 Å². The first-order chi connectivity index (χ1) is 2.41. The summed E-state index contributed by atoms with van der Waals surface area (Å²) in [7, 11) is 0. The smallest absolute Gasteiger partial charge is 0.0985 e. The number of alkyl halides is 1. The largest absolute Gasteiger partial charge is 0.106 e. The van der Waals surface area contributed by atoms with Gasteiger partial charge in [-0.2, -0.15) is 0 Å². The predicted octanol–water partition coefficient (Wildman–Crippen LogP) is 1.62. The van der Waals surface area contributed by atoms with Crippen LogP contribution in [0.4, 0.5) is 0 Å². The van der Waals surface area contributed by atoms with Gasteiger partial charge in [0.1, 0.15) is 5.88 Å². The fourth-order valence-corrected chi connectivity index (χ4v) is 0.189. The fourth-order valence-electron chi connectivity index (χ4n) is 0.0630. The van der Waals surface area contributed by atoms with Crippen LogP contribution < -0.4 is 0 Å². The second-order valence-corrected chi connectivity index (χ2v) is 0.934. The Balaban J connectivity index is 2.40. The molecule has 0 N–H and O–H groups in total. The lowest BCUT2D eigenvalue weighted by Crippen LogP contribution is -1.61. The summed E-state index contributed by atoms with van der Waals surface area (Å²) < 4.78 is 0. The van der Waals surface area contributed by atoms with Crippen molar-refractivity contribution in [3.05, 3.63) is 19.1 Å². The quantitative estimate of drug-likeness (QED) is 0.356. The molecule has 0 saturated heterocycles. The molecular formula is C4H6Cl+. The van der Waals surface area contributed by atoms with Crippen molar-refractivity contribution in [3.63, 3.8) is 0 Å². The van der Waals surface area contributed by atoms with E-state index in [4.69, 9.17) is 11.6 Å². The lowest BCUT2D eigenvalue weighted by Gasteiger charge is -1.61. The Labute approximate surface area is 37.4 Å². The molecule has 0 rings (SSSR count). The molecule has 0 saturated carbocycles. The van der Waals surface area contributed by atoms with E-state index in [0.29, 0.717) is 5.88 Å². The second kappa shape index (κ2) is 3.90. The molecule has 0 nitrogen and oxygen atoms in total. The minimum absolute atomic E-state index is 0.573. The zero-order chi connectivity index (χ0) is 4.12. The summed E-state index contributed by atoms with van der Waals surface area (Å²) in [5, 5.41) is 0. The van der Waals surface area contributed by atoms with Crippen LogP contribution >= 0.6 is 11.6 Å². The monoisotopic (exact) mass is 89.0 g/mol. The SMILES string of the molecule is C=C[CH+]CCl. The van der Waals surface area contributed by atoms with Gasteiger partial charge in [-0.05, 0) is 0 Å². The standard InChI is InChI=1S/C4H6Cl/c1-2-3-4-5/h2-3H,1,4H2/q+1. The molecule has 0 aromatic carbocycles. The Bertz CT molecular complexity index is 24.8. The summed E-state index contributed by atoms with van der Waals surface area (Å²) in [6.07, 6.45) is 3.45. The van der Waals surface area contributed by atoms with Crippen molar-refractivity contribution in [2.24, 2.45) is 0 Å². The van der Waals surface area contributed by atoms with Gasteiger partial charge in [0.05, 0.1) is 12.5 Å². The van der Waals surface area contributed by atoms with E-state index in [1.54, 1.807) is 12.5 Å². The van der Waals surface area contributed by atoms with Crippen LogP contribution in [0.25, 0.3) is 0 Å².